The predicted octanol–water partition coefficient (Wildman–Crippen LogP) is 2.83. The summed E-state index contributed by atoms with van der Waals surface area (Å²) in [5.41, 5.74) is 2.92. The zero-order chi connectivity index (χ0) is 13.0. The van der Waals surface area contributed by atoms with Gasteiger partial charge in [-0.25, -0.2) is 9.97 Å². The molecule has 0 aromatic carbocycles. The van der Waals surface area contributed by atoms with Crippen molar-refractivity contribution in [1.82, 2.24) is 19.9 Å². The largest absolute Gasteiger partial charge is 0.383 e. The Hall–Kier alpha value is -2.10. The van der Waals surface area contributed by atoms with Crippen molar-refractivity contribution in [2.75, 3.05) is 14.1 Å². The summed E-state index contributed by atoms with van der Waals surface area (Å²) in [5, 5.41) is 1.05. The van der Waals surface area contributed by atoms with E-state index in [4.69, 9.17) is 0 Å². The number of nitrogens with zero attached hydrogens (tertiary/aromatic N) is 3. The lowest BCUT2D eigenvalue weighted by molar-refractivity contribution is 0.566. The average Bonchev–Trinajstić information content (AvgIpc) is 2.82. The summed E-state index contributed by atoms with van der Waals surface area (Å²) in [6.45, 7) is 2.12. The molecule has 0 aliphatic heterocycles. The van der Waals surface area contributed by atoms with Crippen molar-refractivity contribution in [3.05, 3.63) is 42.6 Å². The highest BCUT2D eigenvalue weighted by Crippen LogP contribution is 2.22. The van der Waals surface area contributed by atoms with Crippen molar-refractivity contribution < 1.29 is 0 Å². The van der Waals surface area contributed by atoms with Gasteiger partial charge in [0, 0.05) is 37.5 Å². The van der Waals surface area contributed by atoms with Crippen molar-refractivity contribution in [3.8, 4) is 0 Å². The molecule has 0 aliphatic carbocycles. The molecule has 0 amide bonds. The molecule has 0 spiro atoms. The second-order valence-corrected chi connectivity index (χ2v) is 4.32. The van der Waals surface area contributed by atoms with E-state index in [1.54, 1.807) is 6.33 Å². The first-order chi connectivity index (χ1) is 8.72. The van der Waals surface area contributed by atoms with Gasteiger partial charge in [0.25, 0.3) is 0 Å². The molecule has 0 bridgehead atoms. The summed E-state index contributed by atoms with van der Waals surface area (Å²) < 4.78 is 0. The summed E-state index contributed by atoms with van der Waals surface area (Å²) >= 11 is 0. The molecule has 4 nitrogen and oxygen atoms in total. The van der Waals surface area contributed by atoms with Gasteiger partial charge in [-0.1, -0.05) is 19.1 Å². The number of aromatic amines is 1. The van der Waals surface area contributed by atoms with Gasteiger partial charge in [0.1, 0.15) is 12.0 Å². The number of nitrogens with one attached hydrogen (secondary N) is 1. The fourth-order valence-corrected chi connectivity index (χ4v) is 1.81. The minimum absolute atomic E-state index is 0.870. The monoisotopic (exact) mass is 242 g/mol. The predicted molar refractivity (Wildman–Crippen MR) is 75.0 cm³/mol. The zero-order valence-electron chi connectivity index (χ0n) is 11.0. The number of fused-ring (bicyclic) bond motifs is 1. The number of allylic oxidation sites excluding steroid dienone is 3. The van der Waals surface area contributed by atoms with Gasteiger partial charge < -0.3 is 9.88 Å². The summed E-state index contributed by atoms with van der Waals surface area (Å²) in [5.74, 6) is 0. The summed E-state index contributed by atoms with van der Waals surface area (Å²) in [7, 11) is 4.02. The van der Waals surface area contributed by atoms with Crippen molar-refractivity contribution in [2.24, 2.45) is 0 Å². The van der Waals surface area contributed by atoms with Gasteiger partial charge in [0.05, 0.1) is 5.69 Å². The molecule has 2 aromatic rings. The van der Waals surface area contributed by atoms with Gasteiger partial charge in [0.2, 0.25) is 0 Å². The topological polar surface area (TPSA) is 44.8 Å². The highest BCUT2D eigenvalue weighted by Gasteiger charge is 2.07. The van der Waals surface area contributed by atoms with Crippen LogP contribution >= 0.6 is 0 Å². The van der Waals surface area contributed by atoms with Crippen LogP contribution in [0.2, 0.25) is 0 Å². The molecule has 1 N–H and O–H groups in total. The summed E-state index contributed by atoms with van der Waals surface area (Å²) in [4.78, 5) is 13.8. The van der Waals surface area contributed by atoms with Crippen LogP contribution in [0.1, 0.15) is 19.0 Å². The number of H-pyrrole nitrogens is 1. The summed E-state index contributed by atoms with van der Waals surface area (Å²) in [6.07, 6.45) is 10.8. The van der Waals surface area contributed by atoms with Gasteiger partial charge in [-0.3, -0.25) is 0 Å². The van der Waals surface area contributed by atoms with E-state index in [1.165, 1.54) is 0 Å². The highest BCUT2D eigenvalue weighted by atomic mass is 15.0. The Morgan fingerprint density at radius 2 is 2.22 bits per heavy atom. The smallest absolute Gasteiger partial charge is 0.141 e. The first-order valence-electron chi connectivity index (χ1n) is 6.05. The Morgan fingerprint density at radius 1 is 1.39 bits per heavy atom. The maximum Gasteiger partial charge on any atom is 0.141 e. The van der Waals surface area contributed by atoms with Gasteiger partial charge in [-0.15, -0.1) is 0 Å². The maximum absolute atomic E-state index is 4.41. The normalized spacial score (nSPS) is 12.5. The van der Waals surface area contributed by atoms with E-state index in [-0.39, 0.29) is 0 Å². The van der Waals surface area contributed by atoms with Crippen LogP contribution in [-0.4, -0.2) is 33.9 Å². The van der Waals surface area contributed by atoms with Crippen LogP contribution in [0.3, 0.4) is 0 Å². The molecule has 0 radical (unpaired) electrons. The SMILES string of the molecule is CC/C=C/C(=C/N(C)C)c1ncnc2[nH]ccc12. The Labute approximate surface area is 107 Å². The number of aromatic nitrogens is 3. The molecule has 2 rings (SSSR count). The van der Waals surface area contributed by atoms with E-state index < -0.39 is 0 Å². The minimum atomic E-state index is 0.870. The molecule has 0 aliphatic rings. The third-order valence-corrected chi connectivity index (χ3v) is 2.56. The number of hydrogen-bond acceptors (Lipinski definition) is 3. The van der Waals surface area contributed by atoms with Crippen LogP contribution in [0.25, 0.3) is 16.6 Å². The minimum Gasteiger partial charge on any atom is -0.383 e. The quantitative estimate of drug-likeness (QED) is 0.838. The van der Waals surface area contributed by atoms with Gasteiger partial charge in [-0.05, 0) is 12.5 Å². The van der Waals surface area contributed by atoms with Crippen molar-refractivity contribution in [3.63, 3.8) is 0 Å². The van der Waals surface area contributed by atoms with Crippen LogP contribution in [0.5, 0.6) is 0 Å². The molecular weight excluding hydrogens is 224 g/mol. The highest BCUT2D eigenvalue weighted by molar-refractivity contribution is 5.90. The van der Waals surface area contributed by atoms with Crippen molar-refractivity contribution in [1.29, 1.82) is 0 Å². The van der Waals surface area contributed by atoms with Crippen molar-refractivity contribution >= 4 is 16.6 Å². The first kappa shape index (κ1) is 12.4. The lowest BCUT2D eigenvalue weighted by atomic mass is 10.1. The molecule has 2 heterocycles. The van der Waals surface area contributed by atoms with E-state index in [9.17, 15) is 0 Å². The van der Waals surface area contributed by atoms with Crippen LogP contribution in [0, 0.1) is 0 Å². The van der Waals surface area contributed by atoms with Gasteiger partial charge >= 0.3 is 0 Å². The van der Waals surface area contributed by atoms with Crippen LogP contribution in [-0.2, 0) is 0 Å². The average molecular weight is 242 g/mol. The first-order valence-corrected chi connectivity index (χ1v) is 6.05. The van der Waals surface area contributed by atoms with Crippen molar-refractivity contribution in [2.45, 2.75) is 13.3 Å². The Balaban J connectivity index is 2.54. The number of rotatable bonds is 4. The maximum atomic E-state index is 4.41. The second kappa shape index (κ2) is 5.49. The standard InChI is InChI=1S/C14H18N4/c1-4-5-6-11(9-18(2)3)13-12-7-8-15-14(12)17-10-16-13/h5-10H,4H2,1-3H3,(H,15,16,17)/b6-5+,11-9-. The van der Waals surface area contributed by atoms with Crippen LogP contribution < -0.4 is 0 Å². The van der Waals surface area contributed by atoms with E-state index >= 15 is 0 Å². The van der Waals surface area contributed by atoms with E-state index in [0.717, 1.165) is 28.7 Å². The van der Waals surface area contributed by atoms with Gasteiger partial charge in [0.15, 0.2) is 0 Å². The summed E-state index contributed by atoms with van der Waals surface area (Å²) in [6, 6.07) is 2.01. The molecule has 94 valence electrons. The molecule has 4 heteroatoms. The Bertz CT molecular complexity index is 578. The van der Waals surface area contributed by atoms with Crippen LogP contribution in [0.4, 0.5) is 0 Å². The van der Waals surface area contributed by atoms with E-state index in [0.29, 0.717) is 0 Å². The molecular formula is C14H18N4. The lowest BCUT2D eigenvalue weighted by Crippen LogP contribution is -2.03. The molecule has 0 unspecified atom stereocenters. The number of hydrogen-bond donors (Lipinski definition) is 1. The second-order valence-electron chi connectivity index (χ2n) is 4.32. The van der Waals surface area contributed by atoms with Gasteiger partial charge in [-0.2, -0.15) is 0 Å². The third-order valence-electron chi connectivity index (χ3n) is 2.56. The Morgan fingerprint density at radius 3 is 2.94 bits per heavy atom. The molecule has 0 saturated carbocycles. The lowest BCUT2D eigenvalue weighted by Gasteiger charge is -2.09. The molecule has 18 heavy (non-hydrogen) atoms. The molecule has 0 atom stereocenters. The molecule has 0 fully saturated rings. The fraction of sp³-hybridized carbons (Fsp3) is 0.286. The zero-order valence-corrected chi connectivity index (χ0v) is 11.0. The Kier molecular flexibility index (Phi) is 3.77. The molecule has 0 saturated heterocycles. The van der Waals surface area contributed by atoms with E-state index in [1.807, 2.05) is 31.3 Å². The fourth-order valence-electron chi connectivity index (χ4n) is 1.81. The third kappa shape index (κ3) is 2.59. The molecule has 2 aromatic heterocycles. The van der Waals surface area contributed by atoms with E-state index in [2.05, 4.69) is 40.2 Å². The van der Waals surface area contributed by atoms with Crippen LogP contribution in [0.15, 0.2) is 36.9 Å².